The van der Waals surface area contributed by atoms with Crippen LogP contribution in [0.4, 0.5) is 14.5 Å². The monoisotopic (exact) mass is 280 g/mol. The second-order valence-electron chi connectivity index (χ2n) is 2.77. The summed E-state index contributed by atoms with van der Waals surface area (Å²) in [7, 11) is 0. The highest BCUT2D eigenvalue weighted by Crippen LogP contribution is 2.28. The van der Waals surface area contributed by atoms with Crippen molar-refractivity contribution in [3.63, 3.8) is 0 Å². The van der Waals surface area contributed by atoms with E-state index < -0.39 is 24.5 Å². The Kier molecular flexibility index (Phi) is 3.57. The lowest BCUT2D eigenvalue weighted by Crippen LogP contribution is -2.09. The Morgan fingerprint density at radius 3 is 2.73 bits per heavy atom. The predicted molar refractivity (Wildman–Crippen MR) is 52.6 cm³/mol. The van der Waals surface area contributed by atoms with Gasteiger partial charge in [-0.05, 0) is 22.0 Å². The van der Waals surface area contributed by atoms with Crippen LogP contribution in [0.5, 0.6) is 0 Å². The van der Waals surface area contributed by atoms with Crippen LogP contribution in [0.25, 0.3) is 0 Å². The average molecular weight is 281 g/mol. The van der Waals surface area contributed by atoms with Gasteiger partial charge in [0, 0.05) is 11.3 Å². The van der Waals surface area contributed by atoms with Crippen molar-refractivity contribution >= 4 is 27.6 Å². The summed E-state index contributed by atoms with van der Waals surface area (Å²) in [5, 5.41) is 8.53. The molecule has 0 radical (unpaired) electrons. The minimum atomic E-state index is -2.85. The van der Waals surface area contributed by atoms with Crippen molar-refractivity contribution < 1.29 is 18.7 Å². The molecule has 1 aromatic rings. The van der Waals surface area contributed by atoms with Gasteiger partial charge in [0.05, 0.1) is 6.42 Å². The first-order chi connectivity index (χ1) is 6.91. The molecule has 0 spiro atoms. The molecule has 3 N–H and O–H groups in total. The molecule has 0 aliphatic heterocycles. The lowest BCUT2D eigenvalue weighted by Gasteiger charge is -2.09. The van der Waals surface area contributed by atoms with Gasteiger partial charge in [0.25, 0.3) is 6.43 Å². The first kappa shape index (κ1) is 11.8. The fourth-order valence-electron chi connectivity index (χ4n) is 1.10. The summed E-state index contributed by atoms with van der Waals surface area (Å²) in [6.07, 6.45) is -3.41. The fraction of sp³-hybridized carbons (Fsp3) is 0.250. The average Bonchev–Trinajstić information content (AvgIpc) is 2.08. The van der Waals surface area contributed by atoms with Gasteiger partial charge in [-0.1, -0.05) is 0 Å². The van der Waals surface area contributed by atoms with E-state index in [-0.39, 0.29) is 15.9 Å². The number of nitrogens with zero attached hydrogens (tertiary/aromatic N) is 1. The molecular weight excluding hydrogens is 274 g/mol. The number of pyridine rings is 1. The summed E-state index contributed by atoms with van der Waals surface area (Å²) in [5.74, 6) is -1.23. The van der Waals surface area contributed by atoms with Gasteiger partial charge in [-0.25, -0.2) is 13.8 Å². The molecule has 0 aromatic carbocycles. The van der Waals surface area contributed by atoms with E-state index >= 15 is 0 Å². The van der Waals surface area contributed by atoms with E-state index in [1.807, 2.05) is 0 Å². The number of nitrogen functional groups attached to an aromatic ring is 1. The van der Waals surface area contributed by atoms with E-state index in [1.54, 1.807) is 0 Å². The highest BCUT2D eigenvalue weighted by Gasteiger charge is 2.20. The SMILES string of the molecule is Nc1cc(Br)nc(C(F)F)c1CC(=O)O. The van der Waals surface area contributed by atoms with Crippen LogP contribution in [0.2, 0.25) is 0 Å². The Labute approximate surface area is 92.2 Å². The van der Waals surface area contributed by atoms with Crippen molar-refractivity contribution in [2.24, 2.45) is 0 Å². The fourth-order valence-corrected chi connectivity index (χ4v) is 1.54. The number of anilines is 1. The molecule has 0 aliphatic carbocycles. The molecule has 0 saturated carbocycles. The Bertz CT molecular complexity index is 398. The van der Waals surface area contributed by atoms with E-state index in [1.165, 1.54) is 6.07 Å². The molecular formula is C8H7BrF2N2O2. The molecule has 0 amide bonds. The lowest BCUT2D eigenvalue weighted by molar-refractivity contribution is -0.136. The zero-order valence-corrected chi connectivity index (χ0v) is 8.96. The Morgan fingerprint density at radius 2 is 2.27 bits per heavy atom. The number of hydrogen-bond acceptors (Lipinski definition) is 3. The van der Waals surface area contributed by atoms with Crippen LogP contribution in [-0.2, 0) is 11.2 Å². The molecule has 0 atom stereocenters. The maximum absolute atomic E-state index is 12.5. The number of halogens is 3. The molecule has 82 valence electrons. The molecule has 7 heteroatoms. The maximum Gasteiger partial charge on any atom is 0.307 e. The largest absolute Gasteiger partial charge is 0.481 e. The van der Waals surface area contributed by atoms with Crippen molar-refractivity contribution in [2.75, 3.05) is 5.73 Å². The standard InChI is InChI=1S/C8H7BrF2N2O2/c9-5-2-4(12)3(1-6(14)15)7(13-5)8(10)11/h2,8H,1H2,(H2,12,13)(H,14,15). The van der Waals surface area contributed by atoms with Crippen LogP contribution >= 0.6 is 15.9 Å². The van der Waals surface area contributed by atoms with Gasteiger partial charge in [-0.15, -0.1) is 0 Å². The third-order valence-corrected chi connectivity index (χ3v) is 2.10. The molecule has 1 heterocycles. The molecule has 0 bridgehead atoms. The number of alkyl halides is 2. The summed E-state index contributed by atoms with van der Waals surface area (Å²) in [4.78, 5) is 14.0. The van der Waals surface area contributed by atoms with E-state index in [4.69, 9.17) is 10.8 Å². The first-order valence-corrected chi connectivity index (χ1v) is 4.66. The molecule has 0 fully saturated rings. The quantitative estimate of drug-likeness (QED) is 0.831. The number of aliphatic carboxylic acids is 1. The lowest BCUT2D eigenvalue weighted by atomic mass is 10.1. The Hall–Kier alpha value is -1.24. The van der Waals surface area contributed by atoms with Crippen LogP contribution < -0.4 is 5.73 Å². The molecule has 0 saturated heterocycles. The highest BCUT2D eigenvalue weighted by atomic mass is 79.9. The van der Waals surface area contributed by atoms with Crippen LogP contribution in [0.3, 0.4) is 0 Å². The number of hydrogen-bond donors (Lipinski definition) is 2. The molecule has 0 unspecified atom stereocenters. The Balaban J connectivity index is 3.26. The van der Waals surface area contributed by atoms with Crippen molar-refractivity contribution in [2.45, 2.75) is 12.8 Å². The number of carboxylic acids is 1. The number of carbonyl (C=O) groups is 1. The minimum absolute atomic E-state index is 0.00502. The van der Waals surface area contributed by atoms with Gasteiger partial charge in [0.1, 0.15) is 10.3 Å². The molecule has 15 heavy (non-hydrogen) atoms. The summed E-state index contributed by atoms with van der Waals surface area (Å²) in [6, 6.07) is 1.30. The molecule has 4 nitrogen and oxygen atoms in total. The zero-order chi connectivity index (χ0) is 11.6. The van der Waals surface area contributed by atoms with E-state index in [0.717, 1.165) is 0 Å². The molecule has 0 aliphatic rings. The van der Waals surface area contributed by atoms with Gasteiger partial charge in [0.2, 0.25) is 0 Å². The van der Waals surface area contributed by atoms with Gasteiger partial charge in [0.15, 0.2) is 0 Å². The van der Waals surface area contributed by atoms with Crippen LogP contribution in [0, 0.1) is 0 Å². The van der Waals surface area contributed by atoms with Crippen molar-refractivity contribution in [3.8, 4) is 0 Å². The zero-order valence-electron chi connectivity index (χ0n) is 7.38. The summed E-state index contributed by atoms with van der Waals surface area (Å²) < 4.78 is 25.2. The third kappa shape index (κ3) is 2.85. The van der Waals surface area contributed by atoms with Gasteiger partial charge in [-0.2, -0.15) is 0 Å². The number of carboxylic acid groups (broad SMARTS) is 1. The van der Waals surface area contributed by atoms with E-state index in [0.29, 0.717) is 0 Å². The highest BCUT2D eigenvalue weighted by molar-refractivity contribution is 9.10. The topological polar surface area (TPSA) is 76.2 Å². The number of rotatable bonds is 3. The molecule has 1 aromatic heterocycles. The van der Waals surface area contributed by atoms with E-state index in [9.17, 15) is 13.6 Å². The second-order valence-corrected chi connectivity index (χ2v) is 3.58. The predicted octanol–water partition coefficient (Wildman–Crippen LogP) is 1.99. The minimum Gasteiger partial charge on any atom is -0.481 e. The van der Waals surface area contributed by atoms with E-state index in [2.05, 4.69) is 20.9 Å². The third-order valence-electron chi connectivity index (χ3n) is 1.69. The summed E-state index contributed by atoms with van der Waals surface area (Å²) in [5.41, 5.74) is 4.71. The number of aromatic nitrogens is 1. The Morgan fingerprint density at radius 1 is 1.67 bits per heavy atom. The van der Waals surface area contributed by atoms with Gasteiger partial charge >= 0.3 is 5.97 Å². The smallest absolute Gasteiger partial charge is 0.307 e. The van der Waals surface area contributed by atoms with Gasteiger partial charge in [-0.3, -0.25) is 4.79 Å². The second kappa shape index (κ2) is 4.52. The first-order valence-electron chi connectivity index (χ1n) is 3.86. The summed E-state index contributed by atoms with van der Waals surface area (Å²) >= 11 is 2.91. The summed E-state index contributed by atoms with van der Waals surface area (Å²) in [6.45, 7) is 0. The maximum atomic E-state index is 12.5. The van der Waals surface area contributed by atoms with Crippen molar-refractivity contribution in [3.05, 3.63) is 21.9 Å². The van der Waals surface area contributed by atoms with Crippen LogP contribution in [0.15, 0.2) is 10.7 Å². The number of nitrogens with two attached hydrogens (primary N) is 1. The van der Waals surface area contributed by atoms with Crippen molar-refractivity contribution in [1.29, 1.82) is 0 Å². The van der Waals surface area contributed by atoms with Crippen LogP contribution in [-0.4, -0.2) is 16.1 Å². The normalized spacial score (nSPS) is 10.7. The van der Waals surface area contributed by atoms with Gasteiger partial charge < -0.3 is 10.8 Å². The molecule has 1 rings (SSSR count). The van der Waals surface area contributed by atoms with Crippen LogP contribution in [0.1, 0.15) is 17.7 Å². The van der Waals surface area contributed by atoms with Crippen molar-refractivity contribution in [1.82, 2.24) is 4.98 Å².